The fourth-order valence-corrected chi connectivity index (χ4v) is 0.777. The predicted molar refractivity (Wildman–Crippen MR) is 47.9 cm³/mol. The van der Waals surface area contributed by atoms with Crippen LogP contribution in [0.5, 0.6) is 0 Å². The number of unbranched alkanes of at least 4 members (excludes halogenated alkanes) is 1. The van der Waals surface area contributed by atoms with Gasteiger partial charge in [-0.1, -0.05) is 24.1 Å². The topological polar surface area (TPSA) is 0 Å². The third-order valence-corrected chi connectivity index (χ3v) is 1.31. The normalized spacial score (nSPS) is 8.45. The van der Waals surface area contributed by atoms with Gasteiger partial charge in [-0.25, -0.2) is 0 Å². The second-order valence-corrected chi connectivity index (χ2v) is 2.28. The third kappa shape index (κ3) is 2.91. The van der Waals surface area contributed by atoms with Gasteiger partial charge < -0.3 is 6.42 Å². The summed E-state index contributed by atoms with van der Waals surface area (Å²) in [5.41, 5.74) is 1.09. The van der Waals surface area contributed by atoms with Crippen molar-refractivity contribution in [2.45, 2.75) is 13.3 Å². The van der Waals surface area contributed by atoms with Gasteiger partial charge in [0, 0.05) is 5.56 Å². The van der Waals surface area contributed by atoms with Crippen molar-refractivity contribution in [1.82, 2.24) is 0 Å². The molecule has 0 unspecified atom stereocenters. The first kappa shape index (κ1) is 7.88. The Balaban J connectivity index is 2.59. The molecule has 1 rings (SSSR count). The molecule has 0 spiro atoms. The van der Waals surface area contributed by atoms with Crippen LogP contribution in [-0.4, -0.2) is 0 Å². The first-order valence-electron chi connectivity index (χ1n) is 3.75. The van der Waals surface area contributed by atoms with Gasteiger partial charge in [0.05, 0.1) is 0 Å². The monoisotopic (exact) mass is 143 g/mol. The molecule has 1 aromatic rings. The Kier molecular flexibility index (Phi) is 3.28. The number of rotatable bonds is 1. The largest absolute Gasteiger partial charge is 0.320 e. The second-order valence-electron chi connectivity index (χ2n) is 2.28. The van der Waals surface area contributed by atoms with Crippen molar-refractivity contribution in [3.8, 4) is 11.8 Å². The van der Waals surface area contributed by atoms with E-state index in [4.69, 9.17) is 0 Å². The Bertz CT molecular complexity index is 248. The lowest BCUT2D eigenvalue weighted by atomic mass is 10.2. The molecule has 0 aliphatic rings. The van der Waals surface area contributed by atoms with E-state index in [1.807, 2.05) is 37.3 Å². The molecule has 0 radical (unpaired) electrons. The van der Waals surface area contributed by atoms with Crippen molar-refractivity contribution in [2.75, 3.05) is 0 Å². The molecule has 0 saturated carbocycles. The minimum atomic E-state index is 0.870. The fourth-order valence-electron chi connectivity index (χ4n) is 0.777. The van der Waals surface area contributed by atoms with Crippen LogP contribution in [0.15, 0.2) is 30.3 Å². The molecule has 11 heavy (non-hydrogen) atoms. The van der Waals surface area contributed by atoms with E-state index in [1.165, 1.54) is 0 Å². The zero-order valence-corrected chi connectivity index (χ0v) is 6.67. The molecule has 0 amide bonds. The molecule has 0 atom stereocenters. The maximum Gasteiger partial charge on any atom is 0.0244 e. The number of hydrogen-bond donors (Lipinski definition) is 0. The summed E-state index contributed by atoms with van der Waals surface area (Å²) in [6.07, 6.45) is 2.92. The van der Waals surface area contributed by atoms with Crippen LogP contribution in [0.4, 0.5) is 0 Å². The fraction of sp³-hybridized carbons (Fsp3) is 0.182. The molecule has 0 N–H and O–H groups in total. The standard InChI is InChI=1S/C11H11/c1-2-3-5-8-11-9-6-4-7-10-11/h2,4,6-7,9-10H,3H2,1H3/q-1. The van der Waals surface area contributed by atoms with Crippen molar-refractivity contribution in [1.29, 1.82) is 0 Å². The van der Waals surface area contributed by atoms with E-state index in [2.05, 4.69) is 18.3 Å². The first-order chi connectivity index (χ1) is 5.43. The Morgan fingerprint density at radius 1 is 1.27 bits per heavy atom. The summed E-state index contributed by atoms with van der Waals surface area (Å²) in [5.74, 6) is 6.11. The third-order valence-electron chi connectivity index (χ3n) is 1.31. The lowest BCUT2D eigenvalue weighted by molar-refractivity contribution is 1.26. The van der Waals surface area contributed by atoms with Crippen molar-refractivity contribution in [3.05, 3.63) is 42.3 Å². The molecule has 0 nitrogen and oxygen atoms in total. The van der Waals surface area contributed by atoms with Gasteiger partial charge in [0.1, 0.15) is 0 Å². The van der Waals surface area contributed by atoms with Crippen molar-refractivity contribution in [3.63, 3.8) is 0 Å². The minimum Gasteiger partial charge on any atom is -0.320 e. The maximum absolute atomic E-state index is 3.06. The van der Waals surface area contributed by atoms with Crippen LogP contribution >= 0.6 is 0 Å². The highest BCUT2D eigenvalue weighted by atomic mass is 13.8. The second kappa shape index (κ2) is 4.57. The molecular weight excluding hydrogens is 132 g/mol. The van der Waals surface area contributed by atoms with Crippen LogP contribution < -0.4 is 0 Å². The SMILES string of the molecule is C[CH-]CC#Cc1ccccc1. The van der Waals surface area contributed by atoms with Gasteiger partial charge in [0.2, 0.25) is 0 Å². The molecular formula is C11H11-. The van der Waals surface area contributed by atoms with Gasteiger partial charge in [-0.3, -0.25) is 0 Å². The molecule has 0 heterocycles. The average Bonchev–Trinajstić information content (AvgIpc) is 2.07. The minimum absolute atomic E-state index is 0.870. The van der Waals surface area contributed by atoms with Crippen LogP contribution in [0.2, 0.25) is 0 Å². The Morgan fingerprint density at radius 3 is 2.64 bits per heavy atom. The van der Waals surface area contributed by atoms with E-state index in [0.717, 1.165) is 12.0 Å². The van der Waals surface area contributed by atoms with E-state index in [-0.39, 0.29) is 0 Å². The summed E-state index contributed by atoms with van der Waals surface area (Å²) in [4.78, 5) is 0. The van der Waals surface area contributed by atoms with Gasteiger partial charge in [-0.15, -0.1) is 12.3 Å². The summed E-state index contributed by atoms with van der Waals surface area (Å²) in [5, 5.41) is 0. The lowest BCUT2D eigenvalue weighted by Crippen LogP contribution is -1.70. The van der Waals surface area contributed by atoms with E-state index in [9.17, 15) is 0 Å². The van der Waals surface area contributed by atoms with Gasteiger partial charge in [0.25, 0.3) is 0 Å². The van der Waals surface area contributed by atoms with Crippen LogP contribution in [0, 0.1) is 18.3 Å². The molecule has 0 saturated heterocycles. The predicted octanol–water partition coefficient (Wildman–Crippen LogP) is 2.65. The summed E-state index contributed by atoms with van der Waals surface area (Å²) in [6.45, 7) is 2.01. The van der Waals surface area contributed by atoms with E-state index >= 15 is 0 Å². The van der Waals surface area contributed by atoms with E-state index in [0.29, 0.717) is 0 Å². The molecule has 0 aliphatic heterocycles. The van der Waals surface area contributed by atoms with Crippen molar-refractivity contribution < 1.29 is 0 Å². The molecule has 0 aromatic heterocycles. The summed E-state index contributed by atoms with van der Waals surface area (Å²) < 4.78 is 0. The van der Waals surface area contributed by atoms with Crippen molar-refractivity contribution in [2.24, 2.45) is 0 Å². The smallest absolute Gasteiger partial charge is 0.0244 e. The number of hydrogen-bond acceptors (Lipinski definition) is 0. The van der Waals surface area contributed by atoms with Crippen LogP contribution in [0.1, 0.15) is 18.9 Å². The van der Waals surface area contributed by atoms with E-state index in [1.54, 1.807) is 0 Å². The highest BCUT2D eigenvalue weighted by Gasteiger charge is 1.78. The van der Waals surface area contributed by atoms with Crippen LogP contribution in [0.3, 0.4) is 0 Å². The van der Waals surface area contributed by atoms with Gasteiger partial charge in [0.15, 0.2) is 0 Å². The summed E-state index contributed by atoms with van der Waals surface area (Å²) >= 11 is 0. The highest BCUT2D eigenvalue weighted by Crippen LogP contribution is 1.95. The Morgan fingerprint density at radius 2 is 2.00 bits per heavy atom. The molecule has 56 valence electrons. The molecule has 1 aromatic carbocycles. The van der Waals surface area contributed by atoms with Crippen LogP contribution in [0.25, 0.3) is 0 Å². The quantitative estimate of drug-likeness (QED) is 0.419. The first-order valence-corrected chi connectivity index (χ1v) is 3.75. The Labute approximate surface area is 68.3 Å². The molecule has 0 aliphatic carbocycles. The molecule has 0 fully saturated rings. The van der Waals surface area contributed by atoms with Gasteiger partial charge in [-0.05, 0) is 12.1 Å². The van der Waals surface area contributed by atoms with Crippen LogP contribution in [-0.2, 0) is 0 Å². The lowest BCUT2D eigenvalue weighted by Gasteiger charge is -1.90. The van der Waals surface area contributed by atoms with E-state index < -0.39 is 0 Å². The average molecular weight is 143 g/mol. The van der Waals surface area contributed by atoms with Gasteiger partial charge >= 0.3 is 0 Å². The summed E-state index contributed by atoms with van der Waals surface area (Å²) in [6, 6.07) is 10.0. The molecule has 0 heteroatoms. The van der Waals surface area contributed by atoms with Gasteiger partial charge in [-0.2, -0.15) is 6.92 Å². The number of benzene rings is 1. The maximum atomic E-state index is 3.06. The zero-order chi connectivity index (χ0) is 7.94. The highest BCUT2D eigenvalue weighted by molar-refractivity contribution is 5.33. The molecule has 0 bridgehead atoms. The Hall–Kier alpha value is -1.22. The van der Waals surface area contributed by atoms with Crippen molar-refractivity contribution >= 4 is 0 Å². The summed E-state index contributed by atoms with van der Waals surface area (Å²) in [7, 11) is 0. The zero-order valence-electron chi connectivity index (χ0n) is 6.67.